The molecule has 0 radical (unpaired) electrons. The lowest BCUT2D eigenvalue weighted by Crippen LogP contribution is -1.93. The Bertz CT molecular complexity index is 110. The normalized spacial score (nSPS) is 12.0. The van der Waals surface area contributed by atoms with Gasteiger partial charge in [0.05, 0.1) is 0 Å². The third-order valence-electron chi connectivity index (χ3n) is 1.79. The van der Waals surface area contributed by atoms with Crippen LogP contribution in [0.4, 0.5) is 0 Å². The molecular formula is C9H20BN. The van der Waals surface area contributed by atoms with E-state index in [2.05, 4.69) is 26.7 Å². The molecule has 64 valence electrons. The fraction of sp³-hybridized carbons (Fsp3) is 0.889. The van der Waals surface area contributed by atoms with E-state index in [4.69, 9.17) is 0 Å². The lowest BCUT2D eigenvalue weighted by atomic mass is 10.0. The van der Waals surface area contributed by atoms with Crippen molar-refractivity contribution in [3.63, 3.8) is 0 Å². The summed E-state index contributed by atoms with van der Waals surface area (Å²) in [7, 11) is 2.21. The average molecular weight is 153 g/mol. The second-order valence-corrected chi connectivity index (χ2v) is 3.07. The predicted octanol–water partition coefficient (Wildman–Crippen LogP) is 2.08. The number of rotatable bonds is 6. The summed E-state index contributed by atoms with van der Waals surface area (Å²) in [5.74, 6) is 0. The number of nitrogens with zero attached hydrogens (tertiary/aromatic N) is 1. The van der Waals surface area contributed by atoms with Gasteiger partial charge in [-0.2, -0.15) is 0 Å². The van der Waals surface area contributed by atoms with Crippen molar-refractivity contribution >= 4 is 13.6 Å². The van der Waals surface area contributed by atoms with Crippen LogP contribution in [0.2, 0.25) is 6.32 Å². The van der Waals surface area contributed by atoms with Gasteiger partial charge < -0.3 is 0 Å². The molecule has 2 heteroatoms. The molecule has 0 saturated carbocycles. The maximum Gasteiger partial charge on any atom is 0.101 e. The molecule has 0 aromatic heterocycles. The van der Waals surface area contributed by atoms with Crippen molar-refractivity contribution in [3.05, 3.63) is 0 Å². The zero-order chi connectivity index (χ0) is 8.53. The second kappa shape index (κ2) is 7.84. The minimum Gasteiger partial charge on any atom is -0.294 e. The van der Waals surface area contributed by atoms with E-state index in [-0.39, 0.29) is 0 Å². The van der Waals surface area contributed by atoms with Gasteiger partial charge in [-0.3, -0.25) is 4.99 Å². The molecule has 0 aliphatic heterocycles. The molecular weight excluding hydrogens is 133 g/mol. The molecule has 0 aliphatic rings. The molecule has 0 unspecified atom stereocenters. The van der Waals surface area contributed by atoms with Gasteiger partial charge in [0.1, 0.15) is 7.85 Å². The predicted molar refractivity (Wildman–Crippen MR) is 55.5 cm³/mol. The fourth-order valence-corrected chi connectivity index (χ4v) is 0.940. The summed E-state index contributed by atoms with van der Waals surface area (Å²) < 4.78 is 0. The minimum atomic E-state index is 1.03. The molecule has 0 fully saturated rings. The van der Waals surface area contributed by atoms with E-state index in [0.29, 0.717) is 0 Å². The summed E-state index contributed by atoms with van der Waals surface area (Å²) in [6.45, 7) is 5.40. The highest BCUT2D eigenvalue weighted by atomic mass is 14.7. The van der Waals surface area contributed by atoms with Crippen molar-refractivity contribution in [3.8, 4) is 0 Å². The van der Waals surface area contributed by atoms with Gasteiger partial charge in [0.2, 0.25) is 0 Å². The first kappa shape index (κ1) is 10.7. The van der Waals surface area contributed by atoms with Crippen LogP contribution in [0.15, 0.2) is 4.99 Å². The van der Waals surface area contributed by atoms with Crippen LogP contribution >= 0.6 is 0 Å². The van der Waals surface area contributed by atoms with Crippen LogP contribution < -0.4 is 0 Å². The Balaban J connectivity index is 3.30. The zero-order valence-electron chi connectivity index (χ0n) is 8.19. The van der Waals surface area contributed by atoms with Crippen molar-refractivity contribution in [1.82, 2.24) is 0 Å². The summed E-state index contributed by atoms with van der Waals surface area (Å²) in [5.41, 5.74) is 1.33. The van der Waals surface area contributed by atoms with Crippen molar-refractivity contribution in [1.29, 1.82) is 0 Å². The molecule has 0 aromatic carbocycles. The first-order valence-electron chi connectivity index (χ1n) is 4.81. The SMILES string of the molecule is BCCC/N=C(/C)CCCC. The third-order valence-corrected chi connectivity index (χ3v) is 1.79. The van der Waals surface area contributed by atoms with Crippen molar-refractivity contribution in [2.24, 2.45) is 4.99 Å². The highest BCUT2D eigenvalue weighted by Crippen LogP contribution is 1.97. The molecule has 0 spiro atoms. The summed E-state index contributed by atoms with van der Waals surface area (Å²) in [6.07, 6.45) is 6.26. The van der Waals surface area contributed by atoms with Gasteiger partial charge in [0.15, 0.2) is 0 Å². The summed E-state index contributed by atoms with van der Waals surface area (Å²) >= 11 is 0. The highest BCUT2D eigenvalue weighted by molar-refractivity contribution is 6.08. The molecule has 0 amide bonds. The topological polar surface area (TPSA) is 12.4 Å². The largest absolute Gasteiger partial charge is 0.294 e. The quantitative estimate of drug-likeness (QED) is 0.314. The van der Waals surface area contributed by atoms with Crippen LogP contribution in [0.1, 0.15) is 39.5 Å². The first-order chi connectivity index (χ1) is 5.31. The summed E-state index contributed by atoms with van der Waals surface area (Å²) in [6, 6.07) is 0. The van der Waals surface area contributed by atoms with Gasteiger partial charge in [0, 0.05) is 12.3 Å². The van der Waals surface area contributed by atoms with Crippen molar-refractivity contribution in [2.45, 2.75) is 45.9 Å². The number of aliphatic imine (C=N–C) groups is 1. The fourth-order valence-electron chi connectivity index (χ4n) is 0.940. The smallest absolute Gasteiger partial charge is 0.101 e. The minimum absolute atomic E-state index is 1.03. The van der Waals surface area contributed by atoms with Crippen molar-refractivity contribution in [2.75, 3.05) is 6.54 Å². The van der Waals surface area contributed by atoms with Gasteiger partial charge >= 0.3 is 0 Å². The Morgan fingerprint density at radius 3 is 2.64 bits per heavy atom. The van der Waals surface area contributed by atoms with E-state index in [1.165, 1.54) is 37.7 Å². The van der Waals surface area contributed by atoms with Gasteiger partial charge in [-0.1, -0.05) is 19.7 Å². The monoisotopic (exact) mass is 153 g/mol. The molecule has 0 aromatic rings. The second-order valence-electron chi connectivity index (χ2n) is 3.07. The van der Waals surface area contributed by atoms with Crippen LogP contribution in [0.3, 0.4) is 0 Å². The number of hydrogen-bond acceptors (Lipinski definition) is 1. The van der Waals surface area contributed by atoms with Gasteiger partial charge in [-0.05, 0) is 26.2 Å². The molecule has 0 atom stereocenters. The van der Waals surface area contributed by atoms with E-state index in [1.54, 1.807) is 0 Å². The maximum absolute atomic E-state index is 4.47. The summed E-state index contributed by atoms with van der Waals surface area (Å²) in [5, 5.41) is 0. The molecule has 1 nitrogen and oxygen atoms in total. The number of unbranched alkanes of at least 4 members (excludes halogenated alkanes) is 1. The highest BCUT2D eigenvalue weighted by Gasteiger charge is 1.89. The van der Waals surface area contributed by atoms with E-state index in [0.717, 1.165) is 6.54 Å². The lowest BCUT2D eigenvalue weighted by molar-refractivity contribution is 0.824. The van der Waals surface area contributed by atoms with Crippen LogP contribution in [-0.2, 0) is 0 Å². The van der Waals surface area contributed by atoms with E-state index in [1.807, 2.05) is 0 Å². The van der Waals surface area contributed by atoms with E-state index in [9.17, 15) is 0 Å². The molecule has 0 N–H and O–H groups in total. The van der Waals surface area contributed by atoms with Gasteiger partial charge in [-0.25, -0.2) is 0 Å². The summed E-state index contributed by atoms with van der Waals surface area (Å²) in [4.78, 5) is 4.47. The maximum atomic E-state index is 4.47. The van der Waals surface area contributed by atoms with Crippen molar-refractivity contribution < 1.29 is 0 Å². The van der Waals surface area contributed by atoms with Gasteiger partial charge in [-0.15, -0.1) is 0 Å². The van der Waals surface area contributed by atoms with E-state index < -0.39 is 0 Å². The molecule has 0 bridgehead atoms. The van der Waals surface area contributed by atoms with Gasteiger partial charge in [0.25, 0.3) is 0 Å². The van der Waals surface area contributed by atoms with Crippen LogP contribution in [0.5, 0.6) is 0 Å². The van der Waals surface area contributed by atoms with Crippen LogP contribution in [0, 0.1) is 0 Å². The van der Waals surface area contributed by atoms with Crippen LogP contribution in [-0.4, -0.2) is 20.1 Å². The lowest BCUT2D eigenvalue weighted by Gasteiger charge is -1.97. The molecule has 11 heavy (non-hydrogen) atoms. The molecule has 0 heterocycles. The standard InChI is InChI=1S/C9H20BN/c1-3-4-6-9(2)11-8-5-7-10/h3-8,10H2,1-2H3/b11-9-. The zero-order valence-corrected chi connectivity index (χ0v) is 8.19. The van der Waals surface area contributed by atoms with E-state index >= 15 is 0 Å². The molecule has 0 aliphatic carbocycles. The Labute approximate surface area is 71.7 Å². The molecule has 0 rings (SSSR count). The average Bonchev–Trinajstić information content (AvgIpc) is 2.01. The molecule has 0 saturated heterocycles. The Hall–Kier alpha value is -0.265. The third kappa shape index (κ3) is 7.63. The Kier molecular flexibility index (Phi) is 7.65. The first-order valence-corrected chi connectivity index (χ1v) is 4.81. The Morgan fingerprint density at radius 1 is 1.36 bits per heavy atom. The Morgan fingerprint density at radius 2 is 2.09 bits per heavy atom. The van der Waals surface area contributed by atoms with Crippen LogP contribution in [0.25, 0.3) is 0 Å². The number of hydrogen-bond donors (Lipinski definition) is 0.